The zero-order valence-corrected chi connectivity index (χ0v) is 8.17. The normalized spacial score (nSPS) is 11.3. The van der Waals surface area contributed by atoms with Gasteiger partial charge in [-0.3, -0.25) is 14.5 Å². The van der Waals surface area contributed by atoms with Crippen molar-refractivity contribution in [1.29, 1.82) is 0 Å². The van der Waals surface area contributed by atoms with Crippen molar-refractivity contribution in [3.8, 4) is 0 Å². The van der Waals surface area contributed by atoms with Crippen LogP contribution in [0.3, 0.4) is 0 Å². The molecule has 0 aliphatic carbocycles. The first kappa shape index (κ1) is 11.4. The molecule has 0 amide bonds. The Kier molecular flexibility index (Phi) is 3.21. The van der Waals surface area contributed by atoms with E-state index in [9.17, 15) is 18.0 Å². The first-order valence-electron chi connectivity index (χ1n) is 3.76. The first-order chi connectivity index (χ1) is 6.87. The number of hydrogen-bond acceptors (Lipinski definition) is 6. The molecule has 0 spiro atoms. The van der Waals surface area contributed by atoms with E-state index in [-0.39, 0.29) is 12.5 Å². The fourth-order valence-corrected chi connectivity index (χ4v) is 1.14. The van der Waals surface area contributed by atoms with Crippen LogP contribution in [-0.4, -0.2) is 40.2 Å². The van der Waals surface area contributed by atoms with Gasteiger partial charge in [0, 0.05) is 6.54 Å². The Morgan fingerprint density at radius 3 is 2.53 bits per heavy atom. The Bertz CT molecular complexity index is 515. The number of rotatable bonds is 4. The van der Waals surface area contributed by atoms with E-state index in [1.54, 1.807) is 0 Å². The first-order valence-corrected chi connectivity index (χ1v) is 5.37. The van der Waals surface area contributed by atoms with Crippen LogP contribution in [0.15, 0.2) is 9.59 Å². The molecule has 1 aromatic heterocycles. The van der Waals surface area contributed by atoms with Crippen LogP contribution < -0.4 is 16.7 Å². The topological polar surface area (TPSA) is 145 Å². The zero-order valence-electron chi connectivity index (χ0n) is 7.35. The minimum atomic E-state index is -4.08. The number of nitrogens with one attached hydrogen (secondary N) is 3. The van der Waals surface area contributed by atoms with Crippen LogP contribution in [0.5, 0.6) is 0 Å². The van der Waals surface area contributed by atoms with Gasteiger partial charge in [-0.15, -0.1) is 0 Å². The maximum absolute atomic E-state index is 10.7. The van der Waals surface area contributed by atoms with E-state index in [0.717, 1.165) is 0 Å². The van der Waals surface area contributed by atoms with Gasteiger partial charge in [-0.1, -0.05) is 0 Å². The van der Waals surface area contributed by atoms with Crippen molar-refractivity contribution >= 4 is 16.1 Å². The molecule has 0 atom stereocenters. The van der Waals surface area contributed by atoms with E-state index in [2.05, 4.69) is 15.3 Å². The predicted molar refractivity (Wildman–Crippen MR) is 50.4 cm³/mol. The largest absolute Gasteiger partial charge is 0.354 e. The van der Waals surface area contributed by atoms with E-state index in [0.29, 0.717) is 0 Å². The number of aromatic amines is 2. The average Bonchev–Trinajstić information content (AvgIpc) is 1.99. The number of H-pyrrole nitrogens is 2. The molecule has 1 heterocycles. The monoisotopic (exact) mass is 236 g/mol. The van der Waals surface area contributed by atoms with Crippen molar-refractivity contribution in [2.75, 3.05) is 17.6 Å². The molecule has 0 fully saturated rings. The van der Waals surface area contributed by atoms with Crippen molar-refractivity contribution in [3.05, 3.63) is 21.0 Å². The minimum absolute atomic E-state index is 0.160. The Labute approximate surface area is 83.3 Å². The summed E-state index contributed by atoms with van der Waals surface area (Å²) in [7, 11) is -4.08. The maximum Gasteiger partial charge on any atom is 0.352 e. The predicted octanol–water partition coefficient (Wildman–Crippen LogP) is -2.24. The lowest BCUT2D eigenvalue weighted by atomic mass is 10.7. The van der Waals surface area contributed by atoms with Crippen molar-refractivity contribution in [3.63, 3.8) is 0 Å². The fourth-order valence-electron chi connectivity index (χ4n) is 0.775. The standard InChI is InChI=1S/C5H8N4O5S/c10-4-7-3(8-5(11)9-4)6-1-2-15(12,13)14/h1-2H2,(H,12,13,14)(H3,6,7,8,9,10,11). The van der Waals surface area contributed by atoms with E-state index in [4.69, 9.17) is 4.55 Å². The van der Waals surface area contributed by atoms with E-state index >= 15 is 0 Å². The molecule has 0 bridgehead atoms. The van der Waals surface area contributed by atoms with E-state index < -0.39 is 27.3 Å². The third-order valence-corrected chi connectivity index (χ3v) is 2.04. The molecule has 0 saturated heterocycles. The number of hydrogen-bond donors (Lipinski definition) is 4. The van der Waals surface area contributed by atoms with Gasteiger partial charge in [0.2, 0.25) is 5.95 Å². The molecule has 0 aliphatic rings. The molecule has 0 saturated carbocycles. The van der Waals surface area contributed by atoms with Crippen LogP contribution >= 0.6 is 0 Å². The summed E-state index contributed by atoms with van der Waals surface area (Å²) in [4.78, 5) is 28.6. The molecular weight excluding hydrogens is 228 g/mol. The molecule has 15 heavy (non-hydrogen) atoms. The summed E-state index contributed by atoms with van der Waals surface area (Å²) in [5, 5.41) is 2.36. The van der Waals surface area contributed by atoms with Gasteiger partial charge in [0.15, 0.2) is 0 Å². The Morgan fingerprint density at radius 2 is 2.00 bits per heavy atom. The smallest absolute Gasteiger partial charge is 0.352 e. The van der Waals surface area contributed by atoms with Crippen LogP contribution in [0.2, 0.25) is 0 Å². The summed E-state index contributed by atoms with van der Waals surface area (Å²) in [6, 6.07) is 0. The Morgan fingerprint density at radius 1 is 1.33 bits per heavy atom. The summed E-state index contributed by atoms with van der Waals surface area (Å²) < 4.78 is 29.0. The Hall–Kier alpha value is -1.68. The maximum atomic E-state index is 10.7. The van der Waals surface area contributed by atoms with Crippen LogP contribution in [0.4, 0.5) is 5.95 Å². The van der Waals surface area contributed by atoms with Crippen molar-refractivity contribution < 1.29 is 13.0 Å². The molecule has 9 nitrogen and oxygen atoms in total. The number of nitrogens with zero attached hydrogens (tertiary/aromatic N) is 1. The molecule has 1 rings (SSSR count). The molecular formula is C5H8N4O5S. The van der Waals surface area contributed by atoms with Gasteiger partial charge in [-0.05, 0) is 0 Å². The van der Waals surface area contributed by atoms with Gasteiger partial charge >= 0.3 is 11.4 Å². The van der Waals surface area contributed by atoms with Crippen molar-refractivity contribution in [2.45, 2.75) is 0 Å². The van der Waals surface area contributed by atoms with Gasteiger partial charge < -0.3 is 5.32 Å². The highest BCUT2D eigenvalue weighted by Gasteiger charge is 2.04. The van der Waals surface area contributed by atoms with Gasteiger partial charge in [0.25, 0.3) is 10.1 Å². The highest BCUT2D eigenvalue weighted by atomic mass is 32.2. The summed E-state index contributed by atoms with van der Waals surface area (Å²) in [6.07, 6.45) is 0. The summed E-state index contributed by atoms with van der Waals surface area (Å²) in [5.41, 5.74) is -1.61. The van der Waals surface area contributed by atoms with Crippen LogP contribution in [0, 0.1) is 0 Å². The van der Waals surface area contributed by atoms with Crippen LogP contribution in [-0.2, 0) is 10.1 Å². The van der Waals surface area contributed by atoms with Gasteiger partial charge in [0.05, 0.1) is 5.75 Å². The SMILES string of the molecule is O=c1nc(NCCS(=O)(=O)O)[nH]c(=O)[nH]1. The summed E-state index contributed by atoms with van der Waals surface area (Å²) in [5.74, 6) is -0.712. The summed E-state index contributed by atoms with van der Waals surface area (Å²) >= 11 is 0. The van der Waals surface area contributed by atoms with E-state index in [1.165, 1.54) is 0 Å². The second-order valence-electron chi connectivity index (χ2n) is 2.56. The molecule has 4 N–H and O–H groups in total. The quantitative estimate of drug-likeness (QED) is 0.432. The lowest BCUT2D eigenvalue weighted by Crippen LogP contribution is -2.27. The number of aromatic nitrogens is 3. The molecule has 0 radical (unpaired) electrons. The van der Waals surface area contributed by atoms with Crippen molar-refractivity contribution in [2.24, 2.45) is 0 Å². The average molecular weight is 236 g/mol. The molecule has 0 aliphatic heterocycles. The third kappa shape index (κ3) is 4.37. The zero-order chi connectivity index (χ0) is 11.5. The highest BCUT2D eigenvalue weighted by Crippen LogP contribution is 1.88. The van der Waals surface area contributed by atoms with Gasteiger partial charge in [-0.2, -0.15) is 13.4 Å². The summed E-state index contributed by atoms with van der Waals surface area (Å²) in [6.45, 7) is -0.175. The lowest BCUT2D eigenvalue weighted by Gasteiger charge is -2.01. The molecule has 10 heteroatoms. The molecule has 84 valence electrons. The molecule has 0 unspecified atom stereocenters. The van der Waals surface area contributed by atoms with Gasteiger partial charge in [-0.25, -0.2) is 9.59 Å². The Balaban J connectivity index is 2.66. The van der Waals surface area contributed by atoms with Gasteiger partial charge in [0.1, 0.15) is 0 Å². The lowest BCUT2D eigenvalue weighted by molar-refractivity contribution is 0.484. The van der Waals surface area contributed by atoms with Crippen molar-refractivity contribution in [1.82, 2.24) is 15.0 Å². The molecule has 0 aromatic carbocycles. The third-order valence-electron chi connectivity index (χ3n) is 1.32. The van der Waals surface area contributed by atoms with E-state index in [1.807, 2.05) is 4.98 Å². The molecule has 1 aromatic rings. The second-order valence-corrected chi connectivity index (χ2v) is 4.13. The van der Waals surface area contributed by atoms with Crippen LogP contribution in [0.25, 0.3) is 0 Å². The fraction of sp³-hybridized carbons (Fsp3) is 0.400. The minimum Gasteiger partial charge on any atom is -0.354 e. The number of anilines is 1. The van der Waals surface area contributed by atoms with Crippen LogP contribution in [0.1, 0.15) is 0 Å². The second kappa shape index (κ2) is 4.23. The highest BCUT2D eigenvalue weighted by molar-refractivity contribution is 7.85.